The number of hydrogen-bond acceptors (Lipinski definition) is 5. The summed E-state index contributed by atoms with van der Waals surface area (Å²) in [5.74, 6) is 0.663. The highest BCUT2D eigenvalue weighted by atomic mass is 16.2. The summed E-state index contributed by atoms with van der Waals surface area (Å²) >= 11 is 0. The number of aromatic nitrogens is 2. The normalized spacial score (nSPS) is 15.4. The Bertz CT molecular complexity index is 1140. The van der Waals surface area contributed by atoms with Crippen LogP contribution in [0.5, 0.6) is 0 Å². The molecule has 0 saturated carbocycles. The number of H-pyrrole nitrogens is 1. The third kappa shape index (κ3) is 3.81. The van der Waals surface area contributed by atoms with Crippen molar-refractivity contribution in [2.45, 2.75) is 33.4 Å². The van der Waals surface area contributed by atoms with Crippen LogP contribution in [0, 0.1) is 5.92 Å². The number of hydrogen-bond donors (Lipinski definition) is 4. The second-order valence-corrected chi connectivity index (χ2v) is 8.26. The molecule has 8 heteroatoms. The molecule has 1 aliphatic heterocycles. The summed E-state index contributed by atoms with van der Waals surface area (Å²) in [6.45, 7) is 7.70. The SMILES string of the molecule is CCNC(=O)C1c2ccccc2CN1C(=O)c1cc2c(NCC(C)C)n[nH]c2cc1N. The fourth-order valence-electron chi connectivity index (χ4n) is 3.99. The molecule has 3 aromatic rings. The summed E-state index contributed by atoms with van der Waals surface area (Å²) in [6.07, 6.45) is 0. The number of likely N-dealkylation sites (N-methyl/N-ethyl adjacent to an activating group) is 1. The van der Waals surface area contributed by atoms with Crippen LogP contribution in [0.15, 0.2) is 36.4 Å². The van der Waals surface area contributed by atoms with Crippen molar-refractivity contribution in [1.82, 2.24) is 20.4 Å². The Morgan fingerprint density at radius 1 is 1.29 bits per heavy atom. The molecule has 4 rings (SSSR count). The van der Waals surface area contributed by atoms with Gasteiger partial charge in [-0.15, -0.1) is 0 Å². The van der Waals surface area contributed by atoms with Gasteiger partial charge in [-0.2, -0.15) is 5.10 Å². The summed E-state index contributed by atoms with van der Waals surface area (Å²) in [6, 6.07) is 10.5. The number of nitrogens with zero attached hydrogens (tertiary/aromatic N) is 2. The summed E-state index contributed by atoms with van der Waals surface area (Å²) in [7, 11) is 0. The molecule has 2 aromatic carbocycles. The van der Waals surface area contributed by atoms with Crippen LogP contribution in [0.2, 0.25) is 0 Å². The van der Waals surface area contributed by atoms with Gasteiger partial charge in [0.05, 0.1) is 11.1 Å². The topological polar surface area (TPSA) is 116 Å². The first-order valence-corrected chi connectivity index (χ1v) is 10.6. The number of benzene rings is 2. The van der Waals surface area contributed by atoms with Crippen LogP contribution in [0.4, 0.5) is 11.5 Å². The largest absolute Gasteiger partial charge is 0.398 e. The second kappa shape index (κ2) is 8.29. The van der Waals surface area contributed by atoms with Gasteiger partial charge < -0.3 is 21.3 Å². The van der Waals surface area contributed by atoms with Gasteiger partial charge in [0.25, 0.3) is 5.91 Å². The molecule has 2 amide bonds. The smallest absolute Gasteiger partial charge is 0.257 e. The van der Waals surface area contributed by atoms with E-state index < -0.39 is 6.04 Å². The minimum atomic E-state index is -0.679. The Morgan fingerprint density at radius 2 is 2.06 bits per heavy atom. The first-order chi connectivity index (χ1) is 14.9. The van der Waals surface area contributed by atoms with E-state index in [4.69, 9.17) is 5.73 Å². The second-order valence-electron chi connectivity index (χ2n) is 8.26. The Labute approximate surface area is 181 Å². The van der Waals surface area contributed by atoms with Crippen LogP contribution in [0.25, 0.3) is 10.9 Å². The molecule has 2 heterocycles. The van der Waals surface area contributed by atoms with Crippen LogP contribution in [0.3, 0.4) is 0 Å². The quantitative estimate of drug-likeness (QED) is 0.458. The Balaban J connectivity index is 1.72. The van der Waals surface area contributed by atoms with Gasteiger partial charge in [-0.25, -0.2) is 0 Å². The monoisotopic (exact) mass is 420 g/mol. The lowest BCUT2D eigenvalue weighted by atomic mass is 10.0. The van der Waals surface area contributed by atoms with E-state index in [9.17, 15) is 9.59 Å². The van der Waals surface area contributed by atoms with Crippen LogP contribution in [-0.4, -0.2) is 40.0 Å². The minimum absolute atomic E-state index is 0.192. The number of nitrogen functional groups attached to an aromatic ring is 1. The fraction of sp³-hybridized carbons (Fsp3) is 0.348. The van der Waals surface area contributed by atoms with E-state index in [0.717, 1.165) is 28.6 Å². The number of amides is 2. The minimum Gasteiger partial charge on any atom is -0.398 e. The van der Waals surface area contributed by atoms with Crippen molar-refractivity contribution < 1.29 is 9.59 Å². The molecule has 5 N–H and O–H groups in total. The molecular weight excluding hydrogens is 392 g/mol. The molecule has 0 aliphatic carbocycles. The van der Waals surface area contributed by atoms with E-state index in [0.29, 0.717) is 36.1 Å². The number of anilines is 2. The van der Waals surface area contributed by atoms with Gasteiger partial charge in [0.15, 0.2) is 5.82 Å². The van der Waals surface area contributed by atoms with Crippen molar-refractivity contribution in [3.05, 3.63) is 53.1 Å². The third-order valence-corrected chi connectivity index (χ3v) is 5.50. The van der Waals surface area contributed by atoms with Gasteiger partial charge >= 0.3 is 0 Å². The van der Waals surface area contributed by atoms with Gasteiger partial charge in [-0.05, 0) is 36.1 Å². The van der Waals surface area contributed by atoms with E-state index in [1.807, 2.05) is 31.2 Å². The molecule has 162 valence electrons. The number of fused-ring (bicyclic) bond motifs is 2. The lowest BCUT2D eigenvalue weighted by Gasteiger charge is -2.25. The van der Waals surface area contributed by atoms with E-state index in [1.165, 1.54) is 0 Å². The maximum atomic E-state index is 13.6. The number of rotatable bonds is 6. The average molecular weight is 421 g/mol. The molecule has 31 heavy (non-hydrogen) atoms. The van der Waals surface area contributed by atoms with E-state index >= 15 is 0 Å². The van der Waals surface area contributed by atoms with Gasteiger partial charge in [-0.3, -0.25) is 14.7 Å². The van der Waals surface area contributed by atoms with Gasteiger partial charge in [0.1, 0.15) is 6.04 Å². The van der Waals surface area contributed by atoms with E-state index in [-0.39, 0.29) is 11.8 Å². The predicted molar refractivity (Wildman–Crippen MR) is 122 cm³/mol. The lowest BCUT2D eigenvalue weighted by molar-refractivity contribution is -0.125. The lowest BCUT2D eigenvalue weighted by Crippen LogP contribution is -2.40. The summed E-state index contributed by atoms with van der Waals surface area (Å²) < 4.78 is 0. The standard InChI is InChI=1S/C23H28N6O2/c1-4-25-22(30)20-15-8-6-5-7-14(15)12-29(20)23(31)16-9-17-19(10-18(16)24)27-28-21(17)26-11-13(2)3/h5-10,13,20H,4,11-12,24H2,1-3H3,(H,25,30)(H2,26,27,28). The van der Waals surface area contributed by atoms with Crippen molar-refractivity contribution in [2.24, 2.45) is 5.92 Å². The molecule has 0 fully saturated rings. The van der Waals surface area contributed by atoms with Crippen LogP contribution < -0.4 is 16.4 Å². The van der Waals surface area contributed by atoms with Crippen molar-refractivity contribution >= 4 is 34.2 Å². The number of nitrogens with two attached hydrogens (primary N) is 1. The maximum Gasteiger partial charge on any atom is 0.257 e. The maximum absolute atomic E-state index is 13.6. The van der Waals surface area contributed by atoms with Crippen molar-refractivity contribution in [3.63, 3.8) is 0 Å². The van der Waals surface area contributed by atoms with Crippen molar-refractivity contribution in [3.8, 4) is 0 Å². The molecule has 0 spiro atoms. The highest BCUT2D eigenvalue weighted by molar-refractivity contribution is 6.07. The zero-order chi connectivity index (χ0) is 22.1. The van der Waals surface area contributed by atoms with Crippen LogP contribution >= 0.6 is 0 Å². The van der Waals surface area contributed by atoms with Crippen molar-refractivity contribution in [1.29, 1.82) is 0 Å². The number of aromatic amines is 1. The Morgan fingerprint density at radius 3 is 2.81 bits per heavy atom. The molecule has 8 nitrogen and oxygen atoms in total. The van der Waals surface area contributed by atoms with Gasteiger partial charge in [0.2, 0.25) is 5.91 Å². The van der Waals surface area contributed by atoms with Gasteiger partial charge in [-0.1, -0.05) is 38.1 Å². The summed E-state index contributed by atoms with van der Waals surface area (Å²) in [5.41, 5.74) is 9.54. The molecule has 1 atom stereocenters. The molecule has 1 unspecified atom stereocenters. The number of nitrogens with one attached hydrogen (secondary N) is 3. The number of carbonyl (C=O) groups excluding carboxylic acids is 2. The molecule has 0 bridgehead atoms. The Kier molecular flexibility index (Phi) is 5.54. The molecule has 0 saturated heterocycles. The van der Waals surface area contributed by atoms with Gasteiger partial charge in [0, 0.05) is 30.7 Å². The average Bonchev–Trinajstić information content (AvgIpc) is 3.32. The first-order valence-electron chi connectivity index (χ1n) is 10.6. The highest BCUT2D eigenvalue weighted by Crippen LogP contribution is 2.36. The first kappa shape index (κ1) is 20.7. The predicted octanol–water partition coefficient (Wildman–Crippen LogP) is 3.05. The summed E-state index contributed by atoms with van der Waals surface area (Å²) in [4.78, 5) is 28.1. The molecular formula is C23H28N6O2. The van der Waals surface area contributed by atoms with E-state index in [1.54, 1.807) is 17.0 Å². The van der Waals surface area contributed by atoms with Crippen LogP contribution in [-0.2, 0) is 11.3 Å². The molecule has 0 radical (unpaired) electrons. The molecule has 1 aromatic heterocycles. The number of carbonyl (C=O) groups is 2. The zero-order valence-electron chi connectivity index (χ0n) is 18.0. The molecule has 1 aliphatic rings. The van der Waals surface area contributed by atoms with E-state index in [2.05, 4.69) is 34.7 Å². The highest BCUT2D eigenvalue weighted by Gasteiger charge is 2.39. The fourth-order valence-corrected chi connectivity index (χ4v) is 3.99. The van der Waals surface area contributed by atoms with Crippen molar-refractivity contribution in [2.75, 3.05) is 24.1 Å². The third-order valence-electron chi connectivity index (χ3n) is 5.50. The van der Waals surface area contributed by atoms with Crippen LogP contribution in [0.1, 0.15) is 48.3 Å². The Hall–Kier alpha value is -3.55. The summed E-state index contributed by atoms with van der Waals surface area (Å²) in [5, 5.41) is 14.2. The zero-order valence-corrected chi connectivity index (χ0v) is 18.0.